The summed E-state index contributed by atoms with van der Waals surface area (Å²) < 4.78 is 14.1. The predicted molar refractivity (Wildman–Crippen MR) is 103 cm³/mol. The fraction of sp³-hybridized carbons (Fsp3) is 0.300. The second kappa shape index (κ2) is 8.38. The molecule has 0 unspecified atom stereocenters. The molecule has 3 rings (SSSR count). The largest absolute Gasteiger partial charge is 0.392 e. The number of hydrogen-bond acceptors (Lipinski definition) is 3. The highest BCUT2D eigenvalue weighted by molar-refractivity contribution is 6.36. The molecule has 1 aliphatic rings. The number of aliphatic hydroxyl groups is 1. The number of aliphatic hydroxyl groups excluding tert-OH is 1. The fourth-order valence-electron chi connectivity index (χ4n) is 2.88. The maximum atomic E-state index is 14.1. The number of anilines is 1. The van der Waals surface area contributed by atoms with Crippen molar-refractivity contribution in [2.45, 2.75) is 38.2 Å². The summed E-state index contributed by atoms with van der Waals surface area (Å²) in [4.78, 5) is 24.4. The van der Waals surface area contributed by atoms with E-state index in [2.05, 4.69) is 5.32 Å². The van der Waals surface area contributed by atoms with Crippen LogP contribution < -0.4 is 5.32 Å². The summed E-state index contributed by atoms with van der Waals surface area (Å²) in [5, 5.41) is 12.5. The Morgan fingerprint density at radius 1 is 1.11 bits per heavy atom. The lowest BCUT2D eigenvalue weighted by Crippen LogP contribution is -2.15. The Morgan fingerprint density at radius 3 is 2.44 bits per heavy atom. The zero-order valence-corrected chi connectivity index (χ0v) is 15.9. The van der Waals surface area contributed by atoms with E-state index in [-0.39, 0.29) is 58.3 Å². The van der Waals surface area contributed by atoms with E-state index in [1.54, 1.807) is 12.1 Å². The molecule has 27 heavy (non-hydrogen) atoms. The standard InChI is InChI=1S/C20H18Cl2FNO3/c21-15-5-6-16(22)20(14(15)10-25)24-19(27)8-7-18(26)12-3-4-13(11-1-2-11)17(23)9-12/h3-6,9,11,25H,1-2,7-8,10H2,(H,24,27). The molecule has 1 saturated carbocycles. The molecule has 0 saturated heterocycles. The molecule has 7 heteroatoms. The van der Waals surface area contributed by atoms with Gasteiger partial charge in [-0.25, -0.2) is 4.39 Å². The van der Waals surface area contributed by atoms with Gasteiger partial charge in [-0.1, -0.05) is 35.3 Å². The van der Waals surface area contributed by atoms with Crippen LogP contribution in [0.4, 0.5) is 10.1 Å². The van der Waals surface area contributed by atoms with Gasteiger partial charge in [0.2, 0.25) is 5.91 Å². The molecule has 0 spiro atoms. The SMILES string of the molecule is O=C(CCC(=O)c1ccc(C2CC2)c(F)c1)Nc1c(Cl)ccc(Cl)c1CO. The van der Waals surface area contributed by atoms with Gasteiger partial charge in [0, 0.05) is 29.0 Å². The number of carbonyl (C=O) groups excluding carboxylic acids is 2. The van der Waals surface area contributed by atoms with Gasteiger partial charge >= 0.3 is 0 Å². The Morgan fingerprint density at radius 2 is 1.81 bits per heavy atom. The highest BCUT2D eigenvalue weighted by Crippen LogP contribution is 2.41. The zero-order valence-electron chi connectivity index (χ0n) is 14.4. The quantitative estimate of drug-likeness (QED) is 0.624. The number of halogens is 3. The Balaban J connectivity index is 1.62. The molecule has 0 atom stereocenters. The number of ketones is 1. The van der Waals surface area contributed by atoms with Crippen LogP contribution in [0.25, 0.3) is 0 Å². The second-order valence-corrected chi connectivity index (χ2v) is 7.34. The molecule has 1 fully saturated rings. The molecule has 1 amide bonds. The van der Waals surface area contributed by atoms with Gasteiger partial charge in [-0.2, -0.15) is 0 Å². The Kier molecular flexibility index (Phi) is 6.15. The van der Waals surface area contributed by atoms with Crippen LogP contribution in [0, 0.1) is 5.82 Å². The normalized spacial score (nSPS) is 13.5. The zero-order chi connectivity index (χ0) is 19.6. The van der Waals surface area contributed by atoms with Gasteiger partial charge in [0.1, 0.15) is 5.82 Å². The maximum Gasteiger partial charge on any atom is 0.224 e. The fourth-order valence-corrected chi connectivity index (χ4v) is 3.32. The van der Waals surface area contributed by atoms with Crippen molar-refractivity contribution in [2.75, 3.05) is 5.32 Å². The Bertz CT molecular complexity index is 897. The first-order valence-electron chi connectivity index (χ1n) is 8.61. The number of benzene rings is 2. The molecular formula is C20H18Cl2FNO3. The van der Waals surface area contributed by atoms with Crippen LogP contribution in [0.3, 0.4) is 0 Å². The van der Waals surface area contributed by atoms with Crippen LogP contribution in [0.5, 0.6) is 0 Å². The number of amides is 1. The van der Waals surface area contributed by atoms with E-state index in [9.17, 15) is 19.1 Å². The van der Waals surface area contributed by atoms with Crippen LogP contribution >= 0.6 is 23.2 Å². The molecule has 4 nitrogen and oxygen atoms in total. The van der Waals surface area contributed by atoms with Crippen molar-refractivity contribution in [1.82, 2.24) is 0 Å². The van der Waals surface area contributed by atoms with E-state index < -0.39 is 5.91 Å². The molecule has 0 bridgehead atoms. The van der Waals surface area contributed by atoms with Crippen molar-refractivity contribution in [3.63, 3.8) is 0 Å². The maximum absolute atomic E-state index is 14.1. The summed E-state index contributed by atoms with van der Waals surface area (Å²) in [7, 11) is 0. The summed E-state index contributed by atoms with van der Waals surface area (Å²) in [6.45, 7) is -0.388. The van der Waals surface area contributed by atoms with Gasteiger partial charge in [0.15, 0.2) is 5.78 Å². The first-order chi connectivity index (χ1) is 12.9. The van der Waals surface area contributed by atoms with Gasteiger partial charge in [-0.3, -0.25) is 9.59 Å². The van der Waals surface area contributed by atoms with Crippen molar-refractivity contribution in [3.05, 3.63) is 62.9 Å². The molecule has 0 aliphatic heterocycles. The molecular weight excluding hydrogens is 392 g/mol. The lowest BCUT2D eigenvalue weighted by molar-refractivity contribution is -0.116. The van der Waals surface area contributed by atoms with Gasteiger partial charge in [0.25, 0.3) is 0 Å². The van der Waals surface area contributed by atoms with Crippen LogP contribution in [0.1, 0.15) is 53.1 Å². The summed E-state index contributed by atoms with van der Waals surface area (Å²) in [6.07, 6.45) is 1.79. The number of Topliss-reactive ketones (excluding diaryl/α,β-unsaturated/α-hetero) is 1. The minimum absolute atomic E-state index is 0.0688. The summed E-state index contributed by atoms with van der Waals surface area (Å²) >= 11 is 12.0. The van der Waals surface area contributed by atoms with Gasteiger partial charge in [0.05, 0.1) is 17.3 Å². The van der Waals surface area contributed by atoms with Crippen molar-refractivity contribution >= 4 is 40.6 Å². The third-order valence-corrected chi connectivity index (χ3v) is 5.22. The Hall–Kier alpha value is -1.95. The monoisotopic (exact) mass is 409 g/mol. The van der Waals surface area contributed by atoms with E-state index in [1.807, 2.05) is 0 Å². The summed E-state index contributed by atoms with van der Waals surface area (Å²) in [5.41, 5.74) is 1.43. The molecule has 142 valence electrons. The van der Waals surface area contributed by atoms with E-state index >= 15 is 0 Å². The molecule has 0 heterocycles. The first-order valence-corrected chi connectivity index (χ1v) is 9.36. The van der Waals surface area contributed by atoms with Gasteiger partial charge in [-0.15, -0.1) is 0 Å². The smallest absolute Gasteiger partial charge is 0.224 e. The van der Waals surface area contributed by atoms with Crippen molar-refractivity contribution in [1.29, 1.82) is 0 Å². The minimum Gasteiger partial charge on any atom is -0.392 e. The topological polar surface area (TPSA) is 66.4 Å². The van der Waals surface area contributed by atoms with E-state index in [1.165, 1.54) is 18.2 Å². The van der Waals surface area contributed by atoms with Crippen LogP contribution in [-0.4, -0.2) is 16.8 Å². The van der Waals surface area contributed by atoms with Crippen LogP contribution in [0.15, 0.2) is 30.3 Å². The highest BCUT2D eigenvalue weighted by atomic mass is 35.5. The van der Waals surface area contributed by atoms with Crippen molar-refractivity contribution in [2.24, 2.45) is 0 Å². The molecule has 2 aromatic rings. The first kappa shape index (κ1) is 19.8. The Labute approximate surface area is 166 Å². The van der Waals surface area contributed by atoms with Crippen molar-refractivity contribution < 1.29 is 19.1 Å². The molecule has 2 aromatic carbocycles. The molecule has 0 radical (unpaired) electrons. The van der Waals surface area contributed by atoms with E-state index in [4.69, 9.17) is 23.2 Å². The molecule has 1 aliphatic carbocycles. The summed E-state index contributed by atoms with van der Waals surface area (Å²) in [6, 6.07) is 7.53. The number of carbonyl (C=O) groups is 2. The molecule has 0 aromatic heterocycles. The average molecular weight is 410 g/mol. The number of nitrogens with one attached hydrogen (secondary N) is 1. The third kappa shape index (κ3) is 4.67. The lowest BCUT2D eigenvalue weighted by atomic mass is 10.0. The van der Waals surface area contributed by atoms with Crippen LogP contribution in [0.2, 0.25) is 10.0 Å². The highest BCUT2D eigenvalue weighted by Gasteiger charge is 2.26. The predicted octanol–water partition coefficient (Wildman–Crippen LogP) is 5.10. The lowest BCUT2D eigenvalue weighted by Gasteiger charge is -2.13. The van der Waals surface area contributed by atoms with Crippen molar-refractivity contribution in [3.8, 4) is 0 Å². The molecule has 2 N–H and O–H groups in total. The van der Waals surface area contributed by atoms with Gasteiger partial charge in [-0.05, 0) is 42.5 Å². The number of hydrogen-bond donors (Lipinski definition) is 2. The van der Waals surface area contributed by atoms with E-state index in [0.29, 0.717) is 11.1 Å². The van der Waals surface area contributed by atoms with Gasteiger partial charge < -0.3 is 10.4 Å². The minimum atomic E-state index is -0.447. The summed E-state index contributed by atoms with van der Waals surface area (Å²) in [5.74, 6) is -0.863. The van der Waals surface area contributed by atoms with Crippen LogP contribution in [-0.2, 0) is 11.4 Å². The second-order valence-electron chi connectivity index (χ2n) is 6.52. The van der Waals surface area contributed by atoms with E-state index in [0.717, 1.165) is 12.8 Å². The third-order valence-electron chi connectivity index (χ3n) is 4.55. The number of rotatable bonds is 7. The average Bonchev–Trinajstić information content (AvgIpc) is 3.48.